The van der Waals surface area contributed by atoms with Crippen LogP contribution in [0.5, 0.6) is 0 Å². The first-order valence-electron chi connectivity index (χ1n) is 8.45. The molecular weight excluding hydrogens is 379 g/mol. The fourth-order valence-corrected chi connectivity index (χ4v) is 3.33. The number of anilines is 3. The van der Waals surface area contributed by atoms with Gasteiger partial charge in [-0.3, -0.25) is 0 Å². The highest BCUT2D eigenvalue weighted by Gasteiger charge is 2.08. The Morgan fingerprint density at radius 2 is 1.48 bits per heavy atom. The second-order valence-corrected chi connectivity index (χ2v) is 6.91. The molecule has 0 aliphatic carbocycles. The summed E-state index contributed by atoms with van der Waals surface area (Å²) in [6.07, 6.45) is 0. The van der Waals surface area contributed by atoms with E-state index < -0.39 is 0 Å². The Bertz CT molecular complexity index is 1060. The zero-order valence-electron chi connectivity index (χ0n) is 14.3. The van der Waals surface area contributed by atoms with Crippen molar-refractivity contribution < 1.29 is 0 Å². The SMILES string of the molecule is Clc1cc(Cl)cc(Nc2nc(NCc3ccccc3)c3ccccc3n2)c1. The molecule has 4 aromatic rings. The van der Waals surface area contributed by atoms with E-state index in [0.29, 0.717) is 22.5 Å². The molecule has 3 aromatic carbocycles. The summed E-state index contributed by atoms with van der Waals surface area (Å²) in [5.41, 5.74) is 2.76. The highest BCUT2D eigenvalue weighted by atomic mass is 35.5. The van der Waals surface area contributed by atoms with Crippen LogP contribution in [0.25, 0.3) is 10.9 Å². The topological polar surface area (TPSA) is 49.8 Å². The molecule has 0 amide bonds. The lowest BCUT2D eigenvalue weighted by Crippen LogP contribution is -2.05. The Hall–Kier alpha value is -2.82. The second-order valence-electron chi connectivity index (χ2n) is 6.04. The van der Waals surface area contributed by atoms with Crippen molar-refractivity contribution in [1.29, 1.82) is 0 Å². The largest absolute Gasteiger partial charge is 0.365 e. The van der Waals surface area contributed by atoms with Gasteiger partial charge in [0.15, 0.2) is 0 Å². The van der Waals surface area contributed by atoms with Crippen LogP contribution in [-0.2, 0) is 6.54 Å². The maximum absolute atomic E-state index is 6.08. The summed E-state index contributed by atoms with van der Waals surface area (Å²) in [4.78, 5) is 9.25. The second kappa shape index (κ2) is 7.82. The molecule has 0 aliphatic rings. The summed E-state index contributed by atoms with van der Waals surface area (Å²) < 4.78 is 0. The Kier molecular flexibility index (Phi) is 5.10. The number of para-hydroxylation sites is 1. The zero-order valence-corrected chi connectivity index (χ0v) is 15.8. The van der Waals surface area contributed by atoms with E-state index in [1.54, 1.807) is 18.2 Å². The third-order valence-corrected chi connectivity index (χ3v) is 4.46. The quantitative estimate of drug-likeness (QED) is 0.417. The van der Waals surface area contributed by atoms with Gasteiger partial charge in [0.1, 0.15) is 5.82 Å². The molecule has 1 heterocycles. The summed E-state index contributed by atoms with van der Waals surface area (Å²) in [5.74, 6) is 1.24. The molecule has 2 N–H and O–H groups in total. The van der Waals surface area contributed by atoms with E-state index in [4.69, 9.17) is 23.2 Å². The summed E-state index contributed by atoms with van der Waals surface area (Å²) in [5, 5.41) is 8.65. The Balaban J connectivity index is 1.67. The van der Waals surface area contributed by atoms with Gasteiger partial charge in [0.2, 0.25) is 5.95 Å². The number of hydrogen-bond donors (Lipinski definition) is 2. The molecule has 1 aromatic heterocycles. The van der Waals surface area contributed by atoms with E-state index in [1.165, 1.54) is 5.56 Å². The van der Waals surface area contributed by atoms with E-state index in [1.807, 2.05) is 42.5 Å². The van der Waals surface area contributed by atoms with Crippen LogP contribution >= 0.6 is 23.2 Å². The molecule has 0 atom stereocenters. The molecule has 27 heavy (non-hydrogen) atoms. The van der Waals surface area contributed by atoms with Crippen LogP contribution in [0.4, 0.5) is 17.5 Å². The highest BCUT2D eigenvalue weighted by Crippen LogP contribution is 2.27. The van der Waals surface area contributed by atoms with Crippen LogP contribution in [-0.4, -0.2) is 9.97 Å². The van der Waals surface area contributed by atoms with Crippen LogP contribution in [0.15, 0.2) is 72.8 Å². The Morgan fingerprint density at radius 3 is 2.26 bits per heavy atom. The molecular formula is C21H16Cl2N4. The molecule has 0 unspecified atom stereocenters. The molecule has 134 valence electrons. The Labute approximate surface area is 167 Å². The van der Waals surface area contributed by atoms with Gasteiger partial charge in [-0.05, 0) is 35.9 Å². The first kappa shape index (κ1) is 17.6. The van der Waals surface area contributed by atoms with Crippen molar-refractivity contribution in [2.24, 2.45) is 0 Å². The first-order chi connectivity index (χ1) is 13.2. The molecule has 0 saturated carbocycles. The average molecular weight is 395 g/mol. The van der Waals surface area contributed by atoms with Crippen molar-refractivity contribution >= 4 is 51.6 Å². The van der Waals surface area contributed by atoms with Gasteiger partial charge in [0.05, 0.1) is 5.52 Å². The van der Waals surface area contributed by atoms with Crippen LogP contribution < -0.4 is 10.6 Å². The van der Waals surface area contributed by atoms with Crippen LogP contribution in [0.2, 0.25) is 10.0 Å². The van der Waals surface area contributed by atoms with Gasteiger partial charge in [0, 0.05) is 27.7 Å². The molecule has 0 aliphatic heterocycles. The van der Waals surface area contributed by atoms with Crippen molar-refractivity contribution in [1.82, 2.24) is 9.97 Å². The number of halogens is 2. The van der Waals surface area contributed by atoms with Crippen molar-refractivity contribution in [3.05, 3.63) is 88.4 Å². The van der Waals surface area contributed by atoms with Gasteiger partial charge in [-0.15, -0.1) is 0 Å². The summed E-state index contributed by atoms with van der Waals surface area (Å²) in [6, 6.07) is 23.3. The smallest absolute Gasteiger partial charge is 0.229 e. The fourth-order valence-electron chi connectivity index (χ4n) is 2.80. The summed E-state index contributed by atoms with van der Waals surface area (Å²) >= 11 is 12.2. The monoisotopic (exact) mass is 394 g/mol. The third kappa shape index (κ3) is 4.30. The minimum absolute atomic E-state index is 0.475. The van der Waals surface area contributed by atoms with E-state index in [2.05, 4.69) is 32.7 Å². The normalized spacial score (nSPS) is 10.7. The number of rotatable bonds is 5. The third-order valence-electron chi connectivity index (χ3n) is 4.02. The number of hydrogen-bond acceptors (Lipinski definition) is 4. The van der Waals surface area contributed by atoms with Gasteiger partial charge >= 0.3 is 0 Å². The van der Waals surface area contributed by atoms with Crippen molar-refractivity contribution in [3.63, 3.8) is 0 Å². The number of nitrogens with zero attached hydrogens (tertiary/aromatic N) is 2. The molecule has 0 bridgehead atoms. The van der Waals surface area contributed by atoms with Crippen LogP contribution in [0.3, 0.4) is 0 Å². The maximum Gasteiger partial charge on any atom is 0.229 e. The fraction of sp³-hybridized carbons (Fsp3) is 0.0476. The molecule has 6 heteroatoms. The summed E-state index contributed by atoms with van der Waals surface area (Å²) in [7, 11) is 0. The van der Waals surface area contributed by atoms with Gasteiger partial charge < -0.3 is 10.6 Å². The van der Waals surface area contributed by atoms with E-state index >= 15 is 0 Å². The van der Waals surface area contributed by atoms with Crippen molar-refractivity contribution in [2.75, 3.05) is 10.6 Å². The van der Waals surface area contributed by atoms with Crippen molar-refractivity contribution in [3.8, 4) is 0 Å². The lowest BCUT2D eigenvalue weighted by molar-refractivity contribution is 1.10. The van der Waals surface area contributed by atoms with E-state index in [0.717, 1.165) is 22.4 Å². The molecule has 0 fully saturated rings. The van der Waals surface area contributed by atoms with Crippen molar-refractivity contribution in [2.45, 2.75) is 6.54 Å². The number of nitrogens with one attached hydrogen (secondary N) is 2. The predicted molar refractivity (Wildman–Crippen MR) is 113 cm³/mol. The number of fused-ring (bicyclic) bond motifs is 1. The Morgan fingerprint density at radius 1 is 0.778 bits per heavy atom. The lowest BCUT2D eigenvalue weighted by Gasteiger charge is -2.12. The molecule has 4 nitrogen and oxygen atoms in total. The number of benzene rings is 3. The van der Waals surface area contributed by atoms with Gasteiger partial charge in [-0.25, -0.2) is 4.98 Å². The zero-order chi connectivity index (χ0) is 18.6. The standard InChI is InChI=1S/C21H16Cl2N4/c22-15-10-16(23)12-17(11-15)25-21-26-19-9-5-4-8-18(19)20(27-21)24-13-14-6-2-1-3-7-14/h1-12H,13H2,(H2,24,25,26,27). The van der Waals surface area contributed by atoms with Crippen LogP contribution in [0.1, 0.15) is 5.56 Å². The van der Waals surface area contributed by atoms with Gasteiger partial charge in [-0.2, -0.15) is 4.98 Å². The maximum atomic E-state index is 6.08. The average Bonchev–Trinajstić information content (AvgIpc) is 2.66. The minimum Gasteiger partial charge on any atom is -0.365 e. The first-order valence-corrected chi connectivity index (χ1v) is 9.21. The van der Waals surface area contributed by atoms with Crippen LogP contribution in [0, 0.1) is 0 Å². The minimum atomic E-state index is 0.475. The van der Waals surface area contributed by atoms with E-state index in [-0.39, 0.29) is 0 Å². The van der Waals surface area contributed by atoms with Gasteiger partial charge in [0.25, 0.3) is 0 Å². The predicted octanol–water partition coefficient (Wildman–Crippen LogP) is 6.29. The highest BCUT2D eigenvalue weighted by molar-refractivity contribution is 6.35. The molecule has 4 rings (SSSR count). The number of aromatic nitrogens is 2. The molecule has 0 spiro atoms. The lowest BCUT2D eigenvalue weighted by atomic mass is 10.2. The molecule has 0 radical (unpaired) electrons. The van der Waals surface area contributed by atoms with Gasteiger partial charge in [-0.1, -0.05) is 65.7 Å². The van der Waals surface area contributed by atoms with E-state index in [9.17, 15) is 0 Å². The molecule has 0 saturated heterocycles. The summed E-state index contributed by atoms with van der Waals surface area (Å²) in [6.45, 7) is 0.671.